The van der Waals surface area contributed by atoms with Gasteiger partial charge in [-0.05, 0) is 51.5 Å². The van der Waals surface area contributed by atoms with Crippen molar-refractivity contribution in [3.05, 3.63) is 0 Å². The van der Waals surface area contributed by atoms with Gasteiger partial charge in [-0.3, -0.25) is 0 Å². The van der Waals surface area contributed by atoms with Gasteiger partial charge in [-0.25, -0.2) is 8.42 Å². The fourth-order valence-corrected chi connectivity index (χ4v) is 4.72. The van der Waals surface area contributed by atoms with Crippen LogP contribution in [0.1, 0.15) is 33.1 Å². The lowest BCUT2D eigenvalue weighted by molar-refractivity contribution is 0.00855. The van der Waals surface area contributed by atoms with Gasteiger partial charge in [-0.1, -0.05) is 0 Å². The summed E-state index contributed by atoms with van der Waals surface area (Å²) >= 11 is 0. The molecule has 0 spiro atoms. The normalized spacial score (nSPS) is 23.3. The average Bonchev–Trinajstić information content (AvgIpc) is 2.78. The average molecular weight is 321 g/mol. The SMILES string of the molecule is COCCNCC(CCC(C)(C)OC)C1CCS(=O)(=O)C1. The number of hydrogen-bond donors (Lipinski definition) is 1. The van der Waals surface area contributed by atoms with Crippen LogP contribution < -0.4 is 5.32 Å². The van der Waals surface area contributed by atoms with Crippen LogP contribution in [0, 0.1) is 11.8 Å². The first-order valence-electron chi connectivity index (χ1n) is 7.75. The molecule has 1 aliphatic heterocycles. The van der Waals surface area contributed by atoms with Crippen molar-refractivity contribution in [1.29, 1.82) is 0 Å². The molecular formula is C15H31NO4S. The smallest absolute Gasteiger partial charge is 0.150 e. The van der Waals surface area contributed by atoms with Crippen LogP contribution in [-0.4, -0.2) is 59.4 Å². The van der Waals surface area contributed by atoms with Gasteiger partial charge in [-0.15, -0.1) is 0 Å². The summed E-state index contributed by atoms with van der Waals surface area (Å²) in [6.45, 7) is 6.49. The number of nitrogens with one attached hydrogen (secondary N) is 1. The highest BCUT2D eigenvalue weighted by Crippen LogP contribution is 2.31. The largest absolute Gasteiger partial charge is 0.383 e. The Hall–Kier alpha value is -0.170. The standard InChI is InChI=1S/C15H31NO4S/c1-15(2,20-4)7-5-13(11-16-8-9-19-3)14-6-10-21(17,18)12-14/h13-14,16H,5-12H2,1-4H3. The van der Waals surface area contributed by atoms with Crippen LogP contribution in [-0.2, 0) is 19.3 Å². The third kappa shape index (κ3) is 7.08. The van der Waals surface area contributed by atoms with Crippen molar-refractivity contribution in [2.24, 2.45) is 11.8 Å². The summed E-state index contributed by atoms with van der Waals surface area (Å²) in [5.41, 5.74) is -0.151. The van der Waals surface area contributed by atoms with Crippen molar-refractivity contribution in [1.82, 2.24) is 5.32 Å². The second-order valence-corrected chi connectivity index (χ2v) is 8.85. The van der Waals surface area contributed by atoms with Gasteiger partial charge in [0.2, 0.25) is 0 Å². The molecule has 0 saturated carbocycles. The predicted molar refractivity (Wildman–Crippen MR) is 85.3 cm³/mol. The molecule has 2 atom stereocenters. The molecule has 0 amide bonds. The van der Waals surface area contributed by atoms with Gasteiger partial charge in [0.1, 0.15) is 0 Å². The van der Waals surface area contributed by atoms with Gasteiger partial charge in [0.25, 0.3) is 0 Å². The lowest BCUT2D eigenvalue weighted by Gasteiger charge is -2.28. The van der Waals surface area contributed by atoms with E-state index in [4.69, 9.17) is 9.47 Å². The van der Waals surface area contributed by atoms with E-state index >= 15 is 0 Å². The highest BCUT2D eigenvalue weighted by Gasteiger charge is 2.34. The molecule has 1 rings (SSSR count). The molecule has 6 heteroatoms. The summed E-state index contributed by atoms with van der Waals surface area (Å²) in [4.78, 5) is 0. The zero-order chi connectivity index (χ0) is 15.9. The molecule has 0 aromatic rings. The number of ether oxygens (including phenoxy) is 2. The minimum absolute atomic E-state index is 0.151. The Morgan fingerprint density at radius 2 is 2.05 bits per heavy atom. The molecule has 126 valence electrons. The van der Waals surface area contributed by atoms with Gasteiger partial charge in [0, 0.05) is 20.8 Å². The van der Waals surface area contributed by atoms with Crippen molar-refractivity contribution in [2.75, 3.05) is 45.4 Å². The van der Waals surface area contributed by atoms with E-state index in [0.29, 0.717) is 24.0 Å². The quantitative estimate of drug-likeness (QED) is 0.618. The van der Waals surface area contributed by atoms with E-state index in [1.807, 2.05) is 0 Å². The van der Waals surface area contributed by atoms with Gasteiger partial charge in [-0.2, -0.15) is 0 Å². The van der Waals surface area contributed by atoms with Crippen LogP contribution in [0.25, 0.3) is 0 Å². The topological polar surface area (TPSA) is 64.6 Å². The molecule has 0 aromatic carbocycles. The van der Waals surface area contributed by atoms with Crippen LogP contribution >= 0.6 is 0 Å². The summed E-state index contributed by atoms with van der Waals surface area (Å²) in [5, 5.41) is 3.38. The van der Waals surface area contributed by atoms with E-state index in [1.54, 1.807) is 14.2 Å². The van der Waals surface area contributed by atoms with Gasteiger partial charge in [0.05, 0.1) is 23.7 Å². The number of sulfone groups is 1. The third-order valence-electron chi connectivity index (χ3n) is 4.49. The summed E-state index contributed by atoms with van der Waals surface area (Å²) < 4.78 is 33.9. The first-order chi connectivity index (χ1) is 9.79. The molecule has 21 heavy (non-hydrogen) atoms. The summed E-state index contributed by atoms with van der Waals surface area (Å²) in [6.07, 6.45) is 2.73. The minimum atomic E-state index is -2.82. The Morgan fingerprint density at radius 1 is 1.33 bits per heavy atom. The minimum Gasteiger partial charge on any atom is -0.383 e. The Bertz CT molecular complexity index is 394. The highest BCUT2D eigenvalue weighted by atomic mass is 32.2. The Kier molecular flexibility index (Phi) is 7.60. The molecule has 0 radical (unpaired) electrons. The monoisotopic (exact) mass is 321 g/mol. The fraction of sp³-hybridized carbons (Fsp3) is 1.00. The third-order valence-corrected chi connectivity index (χ3v) is 6.29. The lowest BCUT2D eigenvalue weighted by atomic mass is 9.85. The lowest BCUT2D eigenvalue weighted by Crippen LogP contribution is -2.33. The van der Waals surface area contributed by atoms with Crippen molar-refractivity contribution in [3.8, 4) is 0 Å². The van der Waals surface area contributed by atoms with Crippen molar-refractivity contribution >= 4 is 9.84 Å². The maximum absolute atomic E-state index is 11.7. The molecule has 0 aliphatic carbocycles. The van der Waals surface area contributed by atoms with Crippen molar-refractivity contribution in [3.63, 3.8) is 0 Å². The maximum atomic E-state index is 11.7. The second-order valence-electron chi connectivity index (χ2n) is 6.62. The van der Waals surface area contributed by atoms with Crippen molar-refractivity contribution in [2.45, 2.75) is 38.7 Å². The van der Waals surface area contributed by atoms with E-state index in [9.17, 15) is 8.42 Å². The van der Waals surface area contributed by atoms with Crippen LogP contribution in [0.15, 0.2) is 0 Å². The molecule has 5 nitrogen and oxygen atoms in total. The molecule has 1 aliphatic rings. The Morgan fingerprint density at radius 3 is 2.57 bits per heavy atom. The van der Waals surface area contributed by atoms with E-state index in [2.05, 4.69) is 19.2 Å². The van der Waals surface area contributed by atoms with E-state index in [-0.39, 0.29) is 11.5 Å². The highest BCUT2D eigenvalue weighted by molar-refractivity contribution is 7.91. The van der Waals surface area contributed by atoms with Crippen molar-refractivity contribution < 1.29 is 17.9 Å². The maximum Gasteiger partial charge on any atom is 0.150 e. The van der Waals surface area contributed by atoms with E-state index < -0.39 is 9.84 Å². The first-order valence-corrected chi connectivity index (χ1v) is 9.57. The van der Waals surface area contributed by atoms with Crippen LogP contribution in [0.2, 0.25) is 0 Å². The summed E-state index contributed by atoms with van der Waals surface area (Å²) in [6, 6.07) is 0. The zero-order valence-electron chi connectivity index (χ0n) is 13.9. The number of rotatable bonds is 10. The fourth-order valence-electron chi connectivity index (χ4n) is 2.80. The number of methoxy groups -OCH3 is 2. The van der Waals surface area contributed by atoms with Crippen LogP contribution in [0.3, 0.4) is 0 Å². The van der Waals surface area contributed by atoms with E-state index in [1.165, 1.54) is 0 Å². The first kappa shape index (κ1) is 18.9. The molecular weight excluding hydrogens is 290 g/mol. The molecule has 0 aromatic heterocycles. The molecule has 2 unspecified atom stereocenters. The molecule has 0 bridgehead atoms. The molecule has 1 fully saturated rings. The van der Waals surface area contributed by atoms with Gasteiger partial charge in [0.15, 0.2) is 9.84 Å². The predicted octanol–water partition coefficient (Wildman–Crippen LogP) is 1.48. The Labute approximate surface area is 129 Å². The van der Waals surface area contributed by atoms with Crippen LogP contribution in [0.5, 0.6) is 0 Å². The molecule has 1 N–H and O–H groups in total. The van der Waals surface area contributed by atoms with Gasteiger partial charge < -0.3 is 14.8 Å². The Balaban J connectivity index is 2.53. The summed E-state index contributed by atoms with van der Waals surface area (Å²) in [5.74, 6) is 1.35. The van der Waals surface area contributed by atoms with Gasteiger partial charge >= 0.3 is 0 Å². The van der Waals surface area contributed by atoms with Crippen LogP contribution in [0.4, 0.5) is 0 Å². The molecule has 1 heterocycles. The van der Waals surface area contributed by atoms with E-state index in [0.717, 1.165) is 32.4 Å². The second kappa shape index (κ2) is 8.46. The zero-order valence-corrected chi connectivity index (χ0v) is 14.7. The summed E-state index contributed by atoms with van der Waals surface area (Å²) in [7, 11) is 0.594. The number of hydrogen-bond acceptors (Lipinski definition) is 5. The molecule has 1 saturated heterocycles.